The van der Waals surface area contributed by atoms with Crippen molar-refractivity contribution in [2.75, 3.05) is 0 Å². The summed E-state index contributed by atoms with van der Waals surface area (Å²) in [6.07, 6.45) is 0. The highest BCUT2D eigenvalue weighted by Crippen LogP contribution is 2.54. The lowest BCUT2D eigenvalue weighted by Crippen LogP contribution is -2.16. The fourth-order valence-electron chi connectivity index (χ4n) is 9.41. The van der Waals surface area contributed by atoms with Gasteiger partial charge in [0.05, 0.1) is 11.4 Å². The maximum atomic E-state index is 5.43. The summed E-state index contributed by atoms with van der Waals surface area (Å²) in [5, 5.41) is 4.86. The van der Waals surface area contributed by atoms with E-state index in [1.54, 1.807) is 0 Å². The van der Waals surface area contributed by atoms with Crippen LogP contribution in [-0.4, -0.2) is 9.97 Å². The fraction of sp³-hybridized carbons (Fsp3) is 0.0526. The number of aromatic nitrogens is 2. The predicted molar refractivity (Wildman–Crippen MR) is 247 cm³/mol. The zero-order valence-corrected chi connectivity index (χ0v) is 33.0. The molecule has 0 unspecified atom stereocenters. The Balaban J connectivity index is 1.09. The molecule has 0 atom stereocenters. The van der Waals surface area contributed by atoms with Crippen LogP contribution in [0.2, 0.25) is 0 Å². The van der Waals surface area contributed by atoms with Crippen LogP contribution in [0.5, 0.6) is 0 Å². The van der Waals surface area contributed by atoms with Gasteiger partial charge in [0.2, 0.25) is 0 Å². The van der Waals surface area contributed by atoms with Crippen LogP contribution in [0.3, 0.4) is 0 Å². The third-order valence-electron chi connectivity index (χ3n) is 12.3. The number of benzene rings is 9. The van der Waals surface area contributed by atoms with Gasteiger partial charge in [-0.15, -0.1) is 0 Å². The number of fused-ring (bicyclic) bond motifs is 5. The summed E-state index contributed by atoms with van der Waals surface area (Å²) in [7, 11) is 0. The smallest absolute Gasteiger partial charge is 0.161 e. The van der Waals surface area contributed by atoms with Gasteiger partial charge >= 0.3 is 0 Å². The molecular weight excluding hydrogens is 713 g/mol. The molecule has 2 nitrogen and oxygen atoms in total. The number of hydrogen-bond acceptors (Lipinski definition) is 2. The molecule has 0 saturated carbocycles. The first-order valence-corrected chi connectivity index (χ1v) is 20.4. The molecule has 0 bridgehead atoms. The Morgan fingerprint density at radius 2 is 0.831 bits per heavy atom. The second kappa shape index (κ2) is 13.9. The summed E-state index contributed by atoms with van der Waals surface area (Å²) >= 11 is 0. The minimum atomic E-state index is -0.181. The molecule has 0 amide bonds. The van der Waals surface area contributed by atoms with Crippen molar-refractivity contribution >= 4 is 21.5 Å². The van der Waals surface area contributed by atoms with Gasteiger partial charge in [0, 0.05) is 22.1 Å². The van der Waals surface area contributed by atoms with E-state index in [9.17, 15) is 0 Å². The molecule has 1 aliphatic rings. The highest BCUT2D eigenvalue weighted by Gasteiger charge is 2.38. The van der Waals surface area contributed by atoms with Crippen molar-refractivity contribution in [3.8, 4) is 78.4 Å². The quantitative estimate of drug-likeness (QED) is 0.169. The highest BCUT2D eigenvalue weighted by molar-refractivity contribution is 6.06. The van der Waals surface area contributed by atoms with Crippen LogP contribution in [-0.2, 0) is 5.41 Å². The van der Waals surface area contributed by atoms with Crippen LogP contribution in [0.15, 0.2) is 206 Å². The van der Waals surface area contributed by atoms with E-state index in [0.29, 0.717) is 5.82 Å². The molecular formula is C57H40N2. The van der Waals surface area contributed by atoms with Crippen LogP contribution < -0.4 is 0 Å². The molecule has 2 heteroatoms. The molecule has 0 aliphatic heterocycles. The Morgan fingerprint density at radius 1 is 0.322 bits per heavy atom. The van der Waals surface area contributed by atoms with E-state index in [1.165, 1.54) is 60.7 Å². The lowest BCUT2D eigenvalue weighted by atomic mass is 9.78. The molecule has 0 spiro atoms. The van der Waals surface area contributed by atoms with Gasteiger partial charge in [0.1, 0.15) is 0 Å². The SMILES string of the molecule is CC1(C)c2cc3ccccc3cc2-c2cccc(-c3ccc(-c4nc(-c5ccc(-c6ccccc6)cc5)cc(-c5ccccc5-c5ccccc5)n4)c4ccccc34)c21. The second-order valence-electron chi connectivity index (χ2n) is 16.1. The molecule has 11 rings (SSSR count). The Kier molecular flexibility index (Phi) is 8.20. The Bertz CT molecular complexity index is 3220. The largest absolute Gasteiger partial charge is 0.228 e. The van der Waals surface area contributed by atoms with Crippen LogP contribution in [0.4, 0.5) is 0 Å². The van der Waals surface area contributed by atoms with Crippen molar-refractivity contribution in [3.63, 3.8) is 0 Å². The topological polar surface area (TPSA) is 25.8 Å². The van der Waals surface area contributed by atoms with E-state index in [0.717, 1.165) is 44.6 Å². The van der Waals surface area contributed by atoms with Crippen molar-refractivity contribution in [2.24, 2.45) is 0 Å². The lowest BCUT2D eigenvalue weighted by Gasteiger charge is -2.25. The monoisotopic (exact) mass is 752 g/mol. The standard InChI is InChI=1S/C57H40N2/c1-57(2)52-35-42-21-10-9-20-41(42)34-51(52)49-27-15-26-48(55(49)57)46-32-33-50(45-24-13-12-23-44(45)46)56-58-53(40-30-28-38(29-31-40)37-16-5-3-6-17-37)36-54(59-56)47-25-14-11-22-43(47)39-18-7-4-8-19-39/h3-36H,1-2H3. The zero-order chi connectivity index (χ0) is 39.5. The normalized spacial score (nSPS) is 12.7. The molecule has 59 heavy (non-hydrogen) atoms. The summed E-state index contributed by atoms with van der Waals surface area (Å²) in [5.41, 5.74) is 17.2. The summed E-state index contributed by atoms with van der Waals surface area (Å²) in [5.74, 6) is 0.702. The van der Waals surface area contributed by atoms with Gasteiger partial charge in [-0.3, -0.25) is 0 Å². The maximum Gasteiger partial charge on any atom is 0.161 e. The van der Waals surface area contributed by atoms with E-state index in [1.807, 2.05) is 0 Å². The van der Waals surface area contributed by atoms with E-state index >= 15 is 0 Å². The molecule has 0 radical (unpaired) electrons. The first-order valence-electron chi connectivity index (χ1n) is 20.4. The average molecular weight is 753 g/mol. The zero-order valence-electron chi connectivity index (χ0n) is 33.0. The molecule has 1 heterocycles. The molecule has 1 aromatic heterocycles. The highest BCUT2D eigenvalue weighted by atomic mass is 14.9. The first kappa shape index (κ1) is 34.8. The van der Waals surface area contributed by atoms with Crippen LogP contribution in [0.25, 0.3) is 100.0 Å². The van der Waals surface area contributed by atoms with Gasteiger partial charge in [-0.05, 0) is 101 Å². The first-order chi connectivity index (χ1) is 29.0. The fourth-order valence-corrected chi connectivity index (χ4v) is 9.41. The van der Waals surface area contributed by atoms with Crippen molar-refractivity contribution in [1.82, 2.24) is 9.97 Å². The number of hydrogen-bond donors (Lipinski definition) is 0. The third-order valence-corrected chi connectivity index (χ3v) is 12.3. The lowest BCUT2D eigenvalue weighted by molar-refractivity contribution is 0.663. The van der Waals surface area contributed by atoms with Crippen molar-refractivity contribution < 1.29 is 0 Å². The minimum absolute atomic E-state index is 0.181. The molecule has 10 aromatic rings. The maximum absolute atomic E-state index is 5.43. The van der Waals surface area contributed by atoms with E-state index in [-0.39, 0.29) is 5.41 Å². The third kappa shape index (κ3) is 5.87. The van der Waals surface area contributed by atoms with E-state index in [4.69, 9.17) is 9.97 Å². The van der Waals surface area contributed by atoms with Gasteiger partial charge in [0.25, 0.3) is 0 Å². The molecule has 0 N–H and O–H groups in total. The molecule has 0 saturated heterocycles. The Morgan fingerprint density at radius 3 is 1.56 bits per heavy atom. The summed E-state index contributed by atoms with van der Waals surface area (Å²) in [4.78, 5) is 10.8. The van der Waals surface area contributed by atoms with Gasteiger partial charge in [0.15, 0.2) is 5.82 Å². The number of rotatable bonds is 6. The minimum Gasteiger partial charge on any atom is -0.228 e. The van der Waals surface area contributed by atoms with Gasteiger partial charge in [-0.25, -0.2) is 9.97 Å². The molecule has 9 aromatic carbocycles. The summed E-state index contributed by atoms with van der Waals surface area (Å²) < 4.78 is 0. The molecule has 278 valence electrons. The molecule has 0 fully saturated rings. The predicted octanol–water partition coefficient (Wildman–Crippen LogP) is 15.1. The Hall–Kier alpha value is -7.42. The van der Waals surface area contributed by atoms with Crippen molar-refractivity contribution in [1.29, 1.82) is 0 Å². The van der Waals surface area contributed by atoms with Gasteiger partial charge in [-0.2, -0.15) is 0 Å². The van der Waals surface area contributed by atoms with Crippen molar-refractivity contribution in [2.45, 2.75) is 19.3 Å². The van der Waals surface area contributed by atoms with E-state index < -0.39 is 0 Å². The summed E-state index contributed by atoms with van der Waals surface area (Å²) in [6, 6.07) is 74.2. The number of nitrogens with zero attached hydrogens (tertiary/aromatic N) is 2. The summed E-state index contributed by atoms with van der Waals surface area (Å²) in [6.45, 7) is 4.76. The van der Waals surface area contributed by atoms with Gasteiger partial charge in [-0.1, -0.05) is 196 Å². The van der Waals surface area contributed by atoms with Gasteiger partial charge < -0.3 is 0 Å². The Labute approximate surface area is 345 Å². The molecule has 1 aliphatic carbocycles. The van der Waals surface area contributed by atoms with Crippen LogP contribution >= 0.6 is 0 Å². The van der Waals surface area contributed by atoms with Crippen molar-refractivity contribution in [3.05, 3.63) is 217 Å². The second-order valence-corrected chi connectivity index (χ2v) is 16.1. The van der Waals surface area contributed by atoms with Crippen LogP contribution in [0, 0.1) is 0 Å². The average Bonchev–Trinajstić information content (AvgIpc) is 3.53. The van der Waals surface area contributed by atoms with E-state index in [2.05, 4.69) is 220 Å². The van der Waals surface area contributed by atoms with Crippen LogP contribution in [0.1, 0.15) is 25.0 Å².